The van der Waals surface area contributed by atoms with Crippen molar-refractivity contribution in [3.8, 4) is 0 Å². The first-order valence-corrected chi connectivity index (χ1v) is 2.14. The van der Waals surface area contributed by atoms with E-state index >= 15 is 0 Å². The molecule has 0 fully saturated rings. The van der Waals surface area contributed by atoms with Gasteiger partial charge >= 0.3 is 0 Å². The van der Waals surface area contributed by atoms with Crippen LogP contribution in [0.25, 0.3) is 0 Å². The summed E-state index contributed by atoms with van der Waals surface area (Å²) >= 11 is 0. The third kappa shape index (κ3) is 3.30. The van der Waals surface area contributed by atoms with Gasteiger partial charge < -0.3 is 5.11 Å². The van der Waals surface area contributed by atoms with E-state index in [0.29, 0.717) is 5.70 Å². The number of rotatable bonds is 3. The molecule has 0 aromatic rings. The monoisotopic (exact) mass is 115 g/mol. The fourth-order valence-electron chi connectivity index (χ4n) is 0.156. The Balaban J connectivity index is 3.25. The van der Waals surface area contributed by atoms with Gasteiger partial charge in [-0.3, -0.25) is 5.43 Å². The van der Waals surface area contributed by atoms with Gasteiger partial charge in [0.05, 0.1) is 19.4 Å². The van der Waals surface area contributed by atoms with Crippen LogP contribution in [0.15, 0.2) is 22.6 Å². The van der Waals surface area contributed by atoms with Gasteiger partial charge in [-0.1, -0.05) is 11.8 Å². The second kappa shape index (κ2) is 4.26. The lowest BCUT2D eigenvalue weighted by atomic mass is 10.6. The summed E-state index contributed by atoms with van der Waals surface area (Å²) in [6, 6.07) is 0. The molecular weight excluding hydrogens is 106 g/mol. The molecule has 0 aliphatic rings. The second-order valence-electron chi connectivity index (χ2n) is 1.17. The first-order chi connectivity index (χ1) is 3.81. The zero-order valence-electron chi connectivity index (χ0n) is 4.76. The van der Waals surface area contributed by atoms with Crippen LogP contribution in [0.3, 0.4) is 0 Å². The Morgan fingerprint density at radius 2 is 2.50 bits per heavy atom. The van der Waals surface area contributed by atoms with E-state index in [1.54, 1.807) is 0 Å². The van der Waals surface area contributed by atoms with Crippen LogP contribution in [-0.2, 0) is 0 Å². The van der Waals surface area contributed by atoms with Gasteiger partial charge in [0.25, 0.3) is 0 Å². The van der Waals surface area contributed by atoms with Crippen LogP contribution in [0.5, 0.6) is 0 Å². The smallest absolute Gasteiger partial charge is 0.0841 e. The van der Waals surface area contributed by atoms with Gasteiger partial charge in [0.2, 0.25) is 0 Å². The largest absolute Gasteiger partial charge is 0.390 e. The number of hydrogen-bond donors (Lipinski definition) is 2. The number of hydrogen-bond acceptors (Lipinski definition) is 3. The van der Waals surface area contributed by atoms with E-state index in [2.05, 4.69) is 22.3 Å². The van der Waals surface area contributed by atoms with E-state index in [1.807, 2.05) is 0 Å². The molecule has 0 heterocycles. The molecule has 8 heavy (non-hydrogen) atoms. The van der Waals surface area contributed by atoms with Crippen molar-refractivity contribution < 1.29 is 5.11 Å². The highest BCUT2D eigenvalue weighted by molar-refractivity contribution is 4.87. The highest BCUT2D eigenvalue weighted by Crippen LogP contribution is 1.77. The summed E-state index contributed by atoms with van der Waals surface area (Å²) in [6.45, 7) is 3.28. The SMILES string of the molecule is C=C(CO)NN=NC. The second-order valence-corrected chi connectivity index (χ2v) is 1.17. The molecule has 0 amide bonds. The summed E-state index contributed by atoms with van der Waals surface area (Å²) in [5.74, 6) is 0. The minimum atomic E-state index is -0.112. The van der Waals surface area contributed by atoms with Crippen LogP contribution in [-0.4, -0.2) is 18.8 Å². The predicted octanol–water partition coefficient (Wildman–Crippen LogP) is 0.0790. The average Bonchev–Trinajstić information content (AvgIpc) is 1.83. The molecule has 0 radical (unpaired) electrons. The Hall–Kier alpha value is -0.900. The average molecular weight is 115 g/mol. The highest BCUT2D eigenvalue weighted by atomic mass is 16.3. The van der Waals surface area contributed by atoms with E-state index in [1.165, 1.54) is 7.05 Å². The molecule has 0 aromatic carbocycles. The summed E-state index contributed by atoms with van der Waals surface area (Å²) in [7, 11) is 1.53. The summed E-state index contributed by atoms with van der Waals surface area (Å²) in [4.78, 5) is 0. The summed E-state index contributed by atoms with van der Waals surface area (Å²) < 4.78 is 0. The lowest BCUT2D eigenvalue weighted by molar-refractivity contribution is 0.322. The van der Waals surface area contributed by atoms with E-state index in [4.69, 9.17) is 5.11 Å². The Bertz CT molecular complexity index is 99.5. The normalized spacial score (nSPS) is 9.75. The van der Waals surface area contributed by atoms with Gasteiger partial charge in [-0.05, 0) is 0 Å². The van der Waals surface area contributed by atoms with E-state index in [9.17, 15) is 0 Å². The van der Waals surface area contributed by atoms with E-state index in [0.717, 1.165) is 0 Å². The van der Waals surface area contributed by atoms with Crippen molar-refractivity contribution in [2.24, 2.45) is 10.3 Å². The summed E-state index contributed by atoms with van der Waals surface area (Å²) in [5, 5.41) is 15.0. The molecule has 0 saturated heterocycles. The minimum absolute atomic E-state index is 0.112. The van der Waals surface area contributed by atoms with Crippen LogP contribution in [0.4, 0.5) is 0 Å². The van der Waals surface area contributed by atoms with Crippen molar-refractivity contribution in [1.29, 1.82) is 0 Å². The maximum absolute atomic E-state index is 8.30. The number of nitrogens with zero attached hydrogens (tertiary/aromatic N) is 2. The van der Waals surface area contributed by atoms with Crippen molar-refractivity contribution >= 4 is 0 Å². The lowest BCUT2D eigenvalue weighted by Crippen LogP contribution is -2.05. The standard InChI is InChI=1S/C4H9N3O/c1-4(3-8)6-7-5-2/h8H,1,3H2,2H3,(H,5,6). The zero-order chi connectivity index (χ0) is 6.41. The predicted molar refractivity (Wildman–Crippen MR) is 30.1 cm³/mol. The molecule has 4 nitrogen and oxygen atoms in total. The molecule has 0 bridgehead atoms. The van der Waals surface area contributed by atoms with Gasteiger partial charge in [-0.15, -0.1) is 0 Å². The molecule has 46 valence electrons. The van der Waals surface area contributed by atoms with Crippen molar-refractivity contribution in [2.75, 3.05) is 13.7 Å². The molecule has 0 atom stereocenters. The molecule has 2 N–H and O–H groups in total. The molecule has 0 rings (SSSR count). The minimum Gasteiger partial charge on any atom is -0.390 e. The van der Waals surface area contributed by atoms with Gasteiger partial charge in [0.15, 0.2) is 0 Å². The van der Waals surface area contributed by atoms with Crippen molar-refractivity contribution in [1.82, 2.24) is 5.43 Å². The van der Waals surface area contributed by atoms with Gasteiger partial charge in [0, 0.05) is 0 Å². The van der Waals surface area contributed by atoms with Crippen LogP contribution in [0, 0.1) is 0 Å². The third-order valence-corrected chi connectivity index (χ3v) is 0.499. The molecule has 4 heteroatoms. The number of nitrogens with one attached hydrogen (secondary N) is 1. The fraction of sp³-hybridized carbons (Fsp3) is 0.500. The zero-order valence-corrected chi connectivity index (χ0v) is 4.76. The first kappa shape index (κ1) is 7.10. The molecule has 0 unspecified atom stereocenters. The van der Waals surface area contributed by atoms with Crippen molar-refractivity contribution in [3.63, 3.8) is 0 Å². The summed E-state index contributed by atoms with van der Waals surface area (Å²) in [5.41, 5.74) is 2.84. The van der Waals surface area contributed by atoms with Crippen molar-refractivity contribution in [3.05, 3.63) is 12.3 Å². The Morgan fingerprint density at radius 3 is 2.88 bits per heavy atom. The van der Waals surface area contributed by atoms with E-state index in [-0.39, 0.29) is 6.61 Å². The van der Waals surface area contributed by atoms with E-state index < -0.39 is 0 Å². The van der Waals surface area contributed by atoms with Crippen LogP contribution in [0.2, 0.25) is 0 Å². The Kier molecular flexibility index (Phi) is 3.78. The van der Waals surface area contributed by atoms with Crippen LogP contribution < -0.4 is 5.43 Å². The molecule has 0 spiro atoms. The van der Waals surface area contributed by atoms with Crippen LogP contribution in [0.1, 0.15) is 0 Å². The maximum atomic E-state index is 8.30. The van der Waals surface area contributed by atoms with Crippen molar-refractivity contribution in [2.45, 2.75) is 0 Å². The Morgan fingerprint density at radius 1 is 1.88 bits per heavy atom. The number of aliphatic hydroxyl groups is 1. The quantitative estimate of drug-likeness (QED) is 0.404. The van der Waals surface area contributed by atoms with Gasteiger partial charge in [-0.25, -0.2) is 0 Å². The molecular formula is C4H9N3O. The topological polar surface area (TPSA) is 57.0 Å². The highest BCUT2D eigenvalue weighted by Gasteiger charge is 1.81. The lowest BCUT2D eigenvalue weighted by Gasteiger charge is -1.94. The maximum Gasteiger partial charge on any atom is 0.0841 e. The first-order valence-electron chi connectivity index (χ1n) is 2.14. The van der Waals surface area contributed by atoms with Gasteiger partial charge in [0.1, 0.15) is 0 Å². The molecule has 0 saturated carbocycles. The third-order valence-electron chi connectivity index (χ3n) is 0.499. The summed E-state index contributed by atoms with van der Waals surface area (Å²) in [6.07, 6.45) is 0. The molecule has 0 aliphatic heterocycles. The number of aliphatic hydroxyl groups excluding tert-OH is 1. The molecule has 0 aromatic heterocycles. The Labute approximate surface area is 47.9 Å². The fourth-order valence-corrected chi connectivity index (χ4v) is 0.156. The van der Waals surface area contributed by atoms with Gasteiger partial charge in [-0.2, -0.15) is 5.11 Å². The van der Waals surface area contributed by atoms with Crippen LogP contribution >= 0.6 is 0 Å². The molecule has 0 aliphatic carbocycles.